The molecule has 9 rings (SSSR count). The fraction of sp³-hybridized carbons (Fsp3) is 0.118. The van der Waals surface area contributed by atoms with Crippen molar-refractivity contribution in [2.24, 2.45) is 5.73 Å². The fourth-order valence-corrected chi connectivity index (χ4v) is 8.92. The van der Waals surface area contributed by atoms with Gasteiger partial charge in [0.05, 0.1) is 22.1 Å². The van der Waals surface area contributed by atoms with Crippen LogP contribution in [0, 0.1) is 0 Å². The minimum absolute atomic E-state index is 0.312. The quantitative estimate of drug-likeness (QED) is 0.167. The molecular weight excluding hydrogens is 669 g/mol. The Morgan fingerprint density at radius 3 is 2.00 bits per heavy atom. The van der Waals surface area contributed by atoms with Crippen molar-refractivity contribution in [2.45, 2.75) is 39.5 Å². The monoisotopic (exact) mass is 712 g/mol. The van der Waals surface area contributed by atoms with Crippen LogP contribution in [0.1, 0.15) is 56.2 Å². The van der Waals surface area contributed by atoms with Crippen LogP contribution < -0.4 is 5.73 Å². The second kappa shape index (κ2) is 13.6. The van der Waals surface area contributed by atoms with Gasteiger partial charge in [0.25, 0.3) is 0 Å². The van der Waals surface area contributed by atoms with Crippen molar-refractivity contribution < 1.29 is 0 Å². The molecule has 0 fully saturated rings. The number of nitrogens with zero attached hydrogens (tertiary/aromatic N) is 3. The first-order chi connectivity index (χ1) is 26.9. The predicted octanol–water partition coefficient (Wildman–Crippen LogP) is 13.3. The highest BCUT2D eigenvalue weighted by Gasteiger charge is 2.31. The number of para-hydroxylation sites is 1. The van der Waals surface area contributed by atoms with Crippen LogP contribution in [0.4, 0.5) is 0 Å². The molecule has 1 aliphatic rings. The molecule has 0 spiro atoms. The summed E-state index contributed by atoms with van der Waals surface area (Å²) in [4.78, 5) is 4.27. The van der Waals surface area contributed by atoms with Crippen molar-refractivity contribution in [1.82, 2.24) is 14.1 Å². The lowest BCUT2D eigenvalue weighted by Crippen LogP contribution is -2.13. The van der Waals surface area contributed by atoms with Crippen molar-refractivity contribution in [3.63, 3.8) is 0 Å². The van der Waals surface area contributed by atoms with E-state index < -0.39 is 0 Å². The first kappa shape index (κ1) is 34.1. The van der Waals surface area contributed by atoms with Crippen molar-refractivity contribution in [3.05, 3.63) is 181 Å². The van der Waals surface area contributed by atoms with E-state index in [-0.39, 0.29) is 0 Å². The molecule has 2 unspecified atom stereocenters. The molecule has 4 heteroatoms. The fourth-order valence-electron chi connectivity index (χ4n) is 8.92. The molecule has 0 bridgehead atoms. The summed E-state index contributed by atoms with van der Waals surface area (Å²) in [6, 6.07) is 38.4. The Hall–Kier alpha value is -6.65. The van der Waals surface area contributed by atoms with Gasteiger partial charge < -0.3 is 14.9 Å². The van der Waals surface area contributed by atoms with Crippen LogP contribution >= 0.6 is 0 Å². The smallest absolute Gasteiger partial charge is 0.0547 e. The van der Waals surface area contributed by atoms with Crippen LogP contribution in [-0.2, 0) is 0 Å². The van der Waals surface area contributed by atoms with Crippen LogP contribution in [0.3, 0.4) is 0 Å². The molecule has 2 N–H and O–H groups in total. The lowest BCUT2D eigenvalue weighted by Gasteiger charge is -2.32. The van der Waals surface area contributed by atoms with Crippen molar-refractivity contribution in [2.75, 3.05) is 0 Å². The Kier molecular flexibility index (Phi) is 8.47. The zero-order valence-electron chi connectivity index (χ0n) is 31.8. The summed E-state index contributed by atoms with van der Waals surface area (Å²) >= 11 is 0. The predicted molar refractivity (Wildman–Crippen MR) is 236 cm³/mol. The van der Waals surface area contributed by atoms with Crippen LogP contribution in [0.25, 0.3) is 82.8 Å². The number of fused-ring (bicyclic) bond motifs is 9. The van der Waals surface area contributed by atoms with Crippen molar-refractivity contribution in [3.8, 4) is 27.9 Å². The number of pyridine rings is 1. The van der Waals surface area contributed by atoms with Gasteiger partial charge in [0, 0.05) is 45.3 Å². The van der Waals surface area contributed by atoms with Gasteiger partial charge in [0.2, 0.25) is 0 Å². The highest BCUT2D eigenvalue weighted by molar-refractivity contribution is 6.15. The minimum atomic E-state index is 0.312. The molecule has 5 aromatic carbocycles. The maximum absolute atomic E-state index is 5.87. The Balaban J connectivity index is 1.37. The summed E-state index contributed by atoms with van der Waals surface area (Å²) in [5.74, 6) is 0.626. The number of hydrogen-bond donors (Lipinski definition) is 1. The van der Waals surface area contributed by atoms with Crippen LogP contribution in [0.5, 0.6) is 0 Å². The van der Waals surface area contributed by atoms with Gasteiger partial charge in [-0.3, -0.25) is 4.98 Å². The topological polar surface area (TPSA) is 48.8 Å². The molecule has 2 atom stereocenters. The third kappa shape index (κ3) is 5.40. The van der Waals surface area contributed by atoms with E-state index in [4.69, 9.17) is 5.73 Å². The molecule has 268 valence electrons. The van der Waals surface area contributed by atoms with Gasteiger partial charge in [-0.1, -0.05) is 69.0 Å². The molecule has 0 amide bonds. The standard InChI is InChI=1S/C51H44N4/c1-6-12-38(13-7-2)54-48-19-17-37(35-21-24-53-25-22-35)27-45(48)47-29-41-33(5)32(4)40-28-46-44-26-36(34(8-3)20-23-52)16-18-49(44)55(39-14-10-9-11-15-39)51(46)31-43(40)42(41)30-50(47)54/h6-33H,1,52H2,2-5H3/b13-7-,23-20-,34-8+,38-12+. The Bertz CT molecular complexity index is 2930. The molecule has 55 heavy (non-hydrogen) atoms. The van der Waals surface area contributed by atoms with Crippen molar-refractivity contribution in [1.29, 1.82) is 0 Å². The zero-order valence-corrected chi connectivity index (χ0v) is 31.8. The molecule has 0 radical (unpaired) electrons. The van der Waals surface area contributed by atoms with Gasteiger partial charge in [-0.2, -0.15) is 0 Å². The summed E-state index contributed by atoms with van der Waals surface area (Å²) in [5.41, 5.74) is 22.8. The molecule has 0 aliphatic heterocycles. The Morgan fingerprint density at radius 2 is 1.33 bits per heavy atom. The van der Waals surface area contributed by atoms with Crippen LogP contribution in [0.2, 0.25) is 0 Å². The van der Waals surface area contributed by atoms with E-state index in [2.05, 4.69) is 176 Å². The lowest BCUT2D eigenvalue weighted by atomic mass is 9.72. The number of nitrogens with two attached hydrogens (primary N) is 1. The highest BCUT2D eigenvalue weighted by atomic mass is 15.0. The summed E-state index contributed by atoms with van der Waals surface area (Å²) in [6.07, 6.45) is 17.7. The first-order valence-corrected chi connectivity index (χ1v) is 19.2. The lowest BCUT2D eigenvalue weighted by molar-refractivity contribution is 0.617. The average Bonchev–Trinajstić information content (AvgIpc) is 3.72. The summed E-state index contributed by atoms with van der Waals surface area (Å²) in [5, 5.41) is 4.99. The van der Waals surface area contributed by atoms with Gasteiger partial charge in [0.15, 0.2) is 0 Å². The molecule has 3 aromatic heterocycles. The number of rotatable bonds is 7. The molecule has 8 aromatic rings. The SMILES string of the molecule is C=C/C=C(\C=C/C)n1c2ccc(-c3ccncc3)cc2c2cc3c(cc21)-c1cc2c(cc1C(C)C3C)c1cc(C(/C=C\N)=C/C)ccc1n2-c1ccccc1. The Labute approximate surface area is 322 Å². The number of allylic oxidation sites excluding steroid dienone is 8. The van der Waals surface area contributed by atoms with Gasteiger partial charge in [-0.15, -0.1) is 0 Å². The third-order valence-electron chi connectivity index (χ3n) is 11.7. The van der Waals surface area contributed by atoms with Crippen LogP contribution in [-0.4, -0.2) is 14.1 Å². The molecule has 0 saturated carbocycles. The van der Waals surface area contributed by atoms with E-state index in [1.165, 1.54) is 71.4 Å². The van der Waals surface area contributed by atoms with Crippen molar-refractivity contribution >= 4 is 54.9 Å². The number of aromatic nitrogens is 3. The maximum Gasteiger partial charge on any atom is 0.0547 e. The molecular formula is C51H44N4. The summed E-state index contributed by atoms with van der Waals surface area (Å²) in [7, 11) is 0. The van der Waals surface area contributed by atoms with Gasteiger partial charge in [-0.05, 0) is 167 Å². The van der Waals surface area contributed by atoms with E-state index >= 15 is 0 Å². The van der Waals surface area contributed by atoms with E-state index in [1.54, 1.807) is 6.20 Å². The average molecular weight is 713 g/mol. The third-order valence-corrected chi connectivity index (χ3v) is 11.7. The first-order valence-electron chi connectivity index (χ1n) is 19.2. The van der Waals surface area contributed by atoms with Crippen LogP contribution in [0.15, 0.2) is 165 Å². The second-order valence-electron chi connectivity index (χ2n) is 14.6. The van der Waals surface area contributed by atoms with E-state index in [0.717, 1.165) is 28.1 Å². The second-order valence-corrected chi connectivity index (χ2v) is 14.6. The highest BCUT2D eigenvalue weighted by Crippen LogP contribution is 2.51. The van der Waals surface area contributed by atoms with E-state index in [0.29, 0.717) is 11.8 Å². The van der Waals surface area contributed by atoms with E-state index in [1.807, 2.05) is 24.5 Å². The zero-order chi connectivity index (χ0) is 37.8. The number of benzene rings is 5. The number of hydrogen-bond acceptors (Lipinski definition) is 2. The molecule has 4 nitrogen and oxygen atoms in total. The maximum atomic E-state index is 5.87. The van der Waals surface area contributed by atoms with E-state index in [9.17, 15) is 0 Å². The summed E-state index contributed by atoms with van der Waals surface area (Å²) < 4.78 is 4.83. The van der Waals surface area contributed by atoms with Gasteiger partial charge in [0.1, 0.15) is 0 Å². The van der Waals surface area contributed by atoms with Gasteiger partial charge in [-0.25, -0.2) is 0 Å². The molecule has 0 saturated heterocycles. The Morgan fingerprint density at radius 1 is 0.673 bits per heavy atom. The summed E-state index contributed by atoms with van der Waals surface area (Å²) in [6.45, 7) is 13.0. The molecule has 3 heterocycles. The molecule has 1 aliphatic carbocycles. The minimum Gasteiger partial charge on any atom is -0.405 e. The normalized spacial score (nSPS) is 16.2. The largest absolute Gasteiger partial charge is 0.405 e. The van der Waals surface area contributed by atoms with Gasteiger partial charge >= 0.3 is 0 Å².